The van der Waals surface area contributed by atoms with Crippen LogP contribution in [-0.4, -0.2) is 44.4 Å². The largest absolute Gasteiger partial charge is 0.284 e. The predicted molar refractivity (Wildman–Crippen MR) is 109 cm³/mol. The fraction of sp³-hybridized carbons (Fsp3) is 0.235. The van der Waals surface area contributed by atoms with Gasteiger partial charge in [0.15, 0.2) is 0 Å². The van der Waals surface area contributed by atoms with Crippen LogP contribution in [0.1, 0.15) is 23.6 Å². The Morgan fingerprint density at radius 3 is 2.41 bits per heavy atom. The summed E-state index contributed by atoms with van der Waals surface area (Å²) in [6.07, 6.45) is 2.21. The highest BCUT2D eigenvalue weighted by Gasteiger charge is 2.35. The van der Waals surface area contributed by atoms with Crippen LogP contribution in [-0.2, 0) is 20.0 Å². The summed E-state index contributed by atoms with van der Waals surface area (Å²) in [7, 11) is -7.23. The highest BCUT2D eigenvalue weighted by atomic mass is 32.2. The average Bonchev–Trinajstić information content (AvgIpc) is 3.06. The Balaban J connectivity index is 2.00. The summed E-state index contributed by atoms with van der Waals surface area (Å²) >= 11 is 0. The van der Waals surface area contributed by atoms with Crippen molar-refractivity contribution in [2.45, 2.75) is 12.5 Å². The molecular formula is C17H18N4O6S2. The molecule has 0 amide bonds. The summed E-state index contributed by atoms with van der Waals surface area (Å²) in [6.45, 7) is 0. The summed E-state index contributed by atoms with van der Waals surface area (Å²) in [4.78, 5) is 10.5. The van der Waals surface area contributed by atoms with Crippen LogP contribution in [0.3, 0.4) is 0 Å². The second-order valence-corrected chi connectivity index (χ2v) is 10.2. The van der Waals surface area contributed by atoms with Gasteiger partial charge in [0, 0.05) is 24.2 Å². The molecule has 10 nitrogen and oxygen atoms in total. The zero-order chi connectivity index (χ0) is 21.4. The lowest BCUT2D eigenvalue weighted by Gasteiger charge is -2.21. The fourth-order valence-corrected chi connectivity index (χ4v) is 4.50. The third-order valence-electron chi connectivity index (χ3n) is 4.18. The maximum atomic E-state index is 12.3. The van der Waals surface area contributed by atoms with Crippen molar-refractivity contribution in [3.05, 3.63) is 69.8 Å². The SMILES string of the molecule is CS(=O)(=O)Nc1cccc(C2=NN(S(C)(=O)=O)[C@@H](c3cccc([N+](=O)[O-])c3)C2)c1. The topological polar surface area (TPSA) is 139 Å². The van der Waals surface area contributed by atoms with Crippen LogP contribution in [0, 0.1) is 10.1 Å². The van der Waals surface area contributed by atoms with E-state index in [1.807, 2.05) is 0 Å². The van der Waals surface area contributed by atoms with E-state index in [-0.39, 0.29) is 12.1 Å². The van der Waals surface area contributed by atoms with Crippen LogP contribution in [0.15, 0.2) is 53.6 Å². The minimum absolute atomic E-state index is 0.149. The molecule has 0 unspecified atom stereocenters. The molecule has 0 aliphatic carbocycles. The Hall–Kier alpha value is -2.99. The van der Waals surface area contributed by atoms with Gasteiger partial charge < -0.3 is 0 Å². The minimum Gasteiger partial charge on any atom is -0.284 e. The van der Waals surface area contributed by atoms with Crippen molar-refractivity contribution in [3.63, 3.8) is 0 Å². The van der Waals surface area contributed by atoms with Gasteiger partial charge in [-0.25, -0.2) is 16.8 Å². The molecule has 1 atom stereocenters. The molecular weight excluding hydrogens is 420 g/mol. The summed E-state index contributed by atoms with van der Waals surface area (Å²) in [5.41, 5.74) is 1.57. The molecule has 29 heavy (non-hydrogen) atoms. The van der Waals surface area contributed by atoms with E-state index in [1.165, 1.54) is 18.2 Å². The van der Waals surface area contributed by atoms with E-state index in [4.69, 9.17) is 0 Å². The molecule has 1 aliphatic rings. The molecule has 0 spiro atoms. The van der Waals surface area contributed by atoms with Crippen LogP contribution in [0.5, 0.6) is 0 Å². The van der Waals surface area contributed by atoms with Gasteiger partial charge in [-0.3, -0.25) is 14.8 Å². The summed E-state index contributed by atoms with van der Waals surface area (Å²) in [5, 5.41) is 15.3. The standard InChI is InChI=1S/C17H18N4O6S2/c1-28(24,25)19-14-7-3-5-12(9-14)16-11-17(20(18-16)29(2,26)27)13-6-4-8-15(10-13)21(22)23/h3-10,17,19H,11H2,1-2H3/t17-/m1/s1. The maximum absolute atomic E-state index is 12.3. The Labute approximate surface area is 168 Å². The molecule has 0 fully saturated rings. The number of hydrazone groups is 1. The Kier molecular flexibility index (Phi) is 5.32. The highest BCUT2D eigenvalue weighted by Crippen LogP contribution is 2.36. The van der Waals surface area contributed by atoms with Gasteiger partial charge in [0.2, 0.25) is 20.0 Å². The van der Waals surface area contributed by atoms with Gasteiger partial charge in [0.05, 0.1) is 29.2 Å². The van der Waals surface area contributed by atoms with Crippen molar-refractivity contribution in [3.8, 4) is 0 Å². The second kappa shape index (κ2) is 7.44. The lowest BCUT2D eigenvalue weighted by Crippen LogP contribution is -2.25. The number of anilines is 1. The van der Waals surface area contributed by atoms with Crippen LogP contribution >= 0.6 is 0 Å². The van der Waals surface area contributed by atoms with Crippen molar-refractivity contribution in [2.75, 3.05) is 17.2 Å². The second-order valence-electron chi connectivity index (χ2n) is 6.61. The number of nitrogens with zero attached hydrogens (tertiary/aromatic N) is 3. The van der Waals surface area contributed by atoms with Crippen molar-refractivity contribution in [1.82, 2.24) is 4.41 Å². The van der Waals surface area contributed by atoms with E-state index in [9.17, 15) is 26.9 Å². The number of hydrogen-bond acceptors (Lipinski definition) is 7. The number of hydrogen-bond donors (Lipinski definition) is 1. The summed E-state index contributed by atoms with van der Waals surface area (Å²) in [5.74, 6) is 0. The number of nitro groups is 1. The zero-order valence-electron chi connectivity index (χ0n) is 15.5. The number of benzene rings is 2. The van der Waals surface area contributed by atoms with Crippen molar-refractivity contribution in [1.29, 1.82) is 0 Å². The van der Waals surface area contributed by atoms with Gasteiger partial charge >= 0.3 is 0 Å². The van der Waals surface area contributed by atoms with Gasteiger partial charge in [-0.15, -0.1) is 0 Å². The Bertz CT molecular complexity index is 1210. The predicted octanol–water partition coefficient (Wildman–Crippen LogP) is 2.08. The highest BCUT2D eigenvalue weighted by molar-refractivity contribution is 7.92. The van der Waals surface area contributed by atoms with Crippen molar-refractivity contribution >= 4 is 37.1 Å². The molecule has 2 aromatic carbocycles. The Morgan fingerprint density at radius 1 is 1.10 bits per heavy atom. The average molecular weight is 438 g/mol. The molecule has 0 bridgehead atoms. The zero-order valence-corrected chi connectivity index (χ0v) is 17.1. The Morgan fingerprint density at radius 2 is 1.79 bits per heavy atom. The number of nitro benzene ring substituents is 1. The lowest BCUT2D eigenvalue weighted by molar-refractivity contribution is -0.384. The normalized spacial score (nSPS) is 17.1. The molecule has 3 rings (SSSR count). The molecule has 0 radical (unpaired) electrons. The molecule has 1 N–H and O–H groups in total. The number of non-ortho nitro benzene ring substituents is 1. The van der Waals surface area contributed by atoms with Gasteiger partial charge in [-0.1, -0.05) is 24.3 Å². The van der Waals surface area contributed by atoms with E-state index in [0.717, 1.165) is 16.9 Å². The molecule has 154 valence electrons. The number of nitrogens with one attached hydrogen (secondary N) is 1. The first-order chi connectivity index (χ1) is 13.4. The molecule has 0 aromatic heterocycles. The summed E-state index contributed by atoms with van der Waals surface area (Å²) in [6, 6.07) is 11.4. The van der Waals surface area contributed by atoms with Gasteiger partial charge in [0.1, 0.15) is 0 Å². The van der Waals surface area contributed by atoms with E-state index >= 15 is 0 Å². The first-order valence-corrected chi connectivity index (χ1v) is 12.1. The molecule has 0 saturated heterocycles. The smallest absolute Gasteiger partial charge is 0.269 e. The van der Waals surface area contributed by atoms with Crippen molar-refractivity contribution < 1.29 is 21.8 Å². The summed E-state index contributed by atoms with van der Waals surface area (Å²) < 4.78 is 50.7. The first kappa shape index (κ1) is 20.7. The number of rotatable bonds is 6. The molecule has 12 heteroatoms. The third kappa shape index (κ3) is 4.90. The van der Waals surface area contributed by atoms with Crippen LogP contribution in [0.2, 0.25) is 0 Å². The maximum Gasteiger partial charge on any atom is 0.269 e. The minimum atomic E-state index is -3.75. The van der Waals surface area contributed by atoms with Gasteiger partial charge in [-0.05, 0) is 23.3 Å². The van der Waals surface area contributed by atoms with Gasteiger partial charge in [0.25, 0.3) is 5.69 Å². The third-order valence-corrected chi connectivity index (χ3v) is 5.80. The first-order valence-electron chi connectivity index (χ1n) is 8.33. The molecule has 1 heterocycles. The lowest BCUT2D eigenvalue weighted by atomic mass is 9.98. The van der Waals surface area contributed by atoms with E-state index in [1.54, 1.807) is 30.3 Å². The van der Waals surface area contributed by atoms with E-state index in [0.29, 0.717) is 22.5 Å². The molecule has 2 aromatic rings. The fourth-order valence-electron chi connectivity index (χ4n) is 3.04. The monoisotopic (exact) mass is 438 g/mol. The van der Waals surface area contributed by atoms with Crippen LogP contribution in [0.25, 0.3) is 0 Å². The van der Waals surface area contributed by atoms with E-state index < -0.39 is 31.0 Å². The van der Waals surface area contributed by atoms with Crippen molar-refractivity contribution in [2.24, 2.45) is 5.10 Å². The number of sulfonamides is 2. The van der Waals surface area contributed by atoms with Crippen LogP contribution in [0.4, 0.5) is 11.4 Å². The van der Waals surface area contributed by atoms with E-state index in [2.05, 4.69) is 9.82 Å². The molecule has 0 saturated carbocycles. The molecule has 1 aliphatic heterocycles. The quantitative estimate of drug-likeness (QED) is 0.541. The van der Waals surface area contributed by atoms with Crippen LogP contribution < -0.4 is 4.72 Å². The van der Waals surface area contributed by atoms with Gasteiger partial charge in [-0.2, -0.15) is 9.52 Å².